The number of aromatic nitrogens is 1. The van der Waals surface area contributed by atoms with Crippen LogP contribution in [0.3, 0.4) is 0 Å². The van der Waals surface area contributed by atoms with Crippen LogP contribution in [0.5, 0.6) is 0 Å². The average Bonchev–Trinajstić information content (AvgIpc) is 2.25. The maximum atomic E-state index is 10.6. The van der Waals surface area contributed by atoms with Crippen LogP contribution in [0.25, 0.3) is 0 Å². The molecule has 8 nitrogen and oxygen atoms in total. The van der Waals surface area contributed by atoms with E-state index in [1.165, 1.54) is 6.08 Å². The fourth-order valence-corrected chi connectivity index (χ4v) is 1.07. The molecule has 84 valence electrons. The van der Waals surface area contributed by atoms with Gasteiger partial charge in [0.25, 0.3) is 0 Å². The van der Waals surface area contributed by atoms with E-state index in [1.54, 1.807) is 0 Å². The molecule has 1 aromatic rings. The second-order valence-corrected chi connectivity index (χ2v) is 2.74. The number of nitrogens with one attached hydrogen (secondary N) is 1. The first-order valence-electron chi connectivity index (χ1n) is 4.19. The molecule has 16 heavy (non-hydrogen) atoms. The number of hydrogen-bond acceptors (Lipinski definition) is 6. The fraction of sp³-hybridized carbons (Fsp3) is 0.125. The monoisotopic (exact) mass is 224 g/mol. The summed E-state index contributed by atoms with van der Waals surface area (Å²) in [5, 5.41) is 23.8. The van der Waals surface area contributed by atoms with Gasteiger partial charge in [-0.05, 0) is 0 Å². The van der Waals surface area contributed by atoms with Gasteiger partial charge in [0.2, 0.25) is 0 Å². The molecule has 0 aliphatic rings. The van der Waals surface area contributed by atoms with E-state index >= 15 is 0 Å². The Morgan fingerprint density at radius 2 is 1.81 bits per heavy atom. The Morgan fingerprint density at radius 3 is 2.19 bits per heavy atom. The summed E-state index contributed by atoms with van der Waals surface area (Å²) in [6.45, 7) is 3.59. The van der Waals surface area contributed by atoms with Crippen molar-refractivity contribution in [3.8, 4) is 0 Å². The number of anilines is 1. The Hall–Kier alpha value is -2.51. The molecule has 0 radical (unpaired) electrons. The van der Waals surface area contributed by atoms with Crippen molar-refractivity contribution < 1.29 is 9.85 Å². The van der Waals surface area contributed by atoms with Crippen molar-refractivity contribution in [1.82, 2.24) is 4.98 Å². The Labute approximate surface area is 89.9 Å². The standard InChI is InChI=1S/C8H8N4O4/c1-2-3-10-8-6(11(13)14)4-9-5-7(8)12(15)16/h2,4-5H,1,3H2,(H,9,10). The minimum atomic E-state index is -0.731. The van der Waals surface area contributed by atoms with E-state index in [-0.39, 0.29) is 12.2 Å². The van der Waals surface area contributed by atoms with Crippen molar-refractivity contribution in [1.29, 1.82) is 0 Å². The summed E-state index contributed by atoms with van der Waals surface area (Å²) >= 11 is 0. The molecule has 0 atom stereocenters. The zero-order valence-corrected chi connectivity index (χ0v) is 8.12. The van der Waals surface area contributed by atoms with Crippen LogP contribution in [0.1, 0.15) is 0 Å². The van der Waals surface area contributed by atoms with Gasteiger partial charge in [-0.15, -0.1) is 6.58 Å². The van der Waals surface area contributed by atoms with Crippen molar-refractivity contribution in [3.63, 3.8) is 0 Å². The van der Waals surface area contributed by atoms with Gasteiger partial charge in [0.05, 0.1) is 9.85 Å². The topological polar surface area (TPSA) is 111 Å². The minimum absolute atomic E-state index is 0.162. The van der Waals surface area contributed by atoms with Crippen LogP contribution in [0.4, 0.5) is 17.1 Å². The first kappa shape index (κ1) is 11.6. The van der Waals surface area contributed by atoms with Crippen molar-refractivity contribution in [2.24, 2.45) is 0 Å². The van der Waals surface area contributed by atoms with Crippen molar-refractivity contribution in [2.45, 2.75) is 0 Å². The second-order valence-electron chi connectivity index (χ2n) is 2.74. The highest BCUT2D eigenvalue weighted by atomic mass is 16.6. The molecular formula is C8H8N4O4. The van der Waals surface area contributed by atoms with Gasteiger partial charge >= 0.3 is 11.4 Å². The highest BCUT2D eigenvalue weighted by Crippen LogP contribution is 2.32. The molecular weight excluding hydrogens is 216 g/mol. The molecule has 1 aromatic heterocycles. The van der Waals surface area contributed by atoms with Gasteiger partial charge in [0, 0.05) is 6.54 Å². The summed E-state index contributed by atoms with van der Waals surface area (Å²) < 4.78 is 0. The smallest absolute Gasteiger partial charge is 0.317 e. The van der Waals surface area contributed by atoms with Crippen molar-refractivity contribution >= 4 is 17.1 Å². The SMILES string of the molecule is C=CCNc1c([N+](=O)[O-])cncc1[N+](=O)[O-]. The predicted molar refractivity (Wildman–Crippen MR) is 56.2 cm³/mol. The zero-order chi connectivity index (χ0) is 12.1. The molecule has 0 aliphatic heterocycles. The fourth-order valence-electron chi connectivity index (χ4n) is 1.07. The lowest BCUT2D eigenvalue weighted by Crippen LogP contribution is -2.06. The molecule has 8 heteroatoms. The van der Waals surface area contributed by atoms with Crippen LogP contribution in [0, 0.1) is 20.2 Å². The summed E-state index contributed by atoms with van der Waals surface area (Å²) in [6, 6.07) is 0. The van der Waals surface area contributed by atoms with E-state index in [0.717, 1.165) is 12.4 Å². The van der Waals surface area contributed by atoms with Gasteiger partial charge in [0.15, 0.2) is 5.69 Å². The van der Waals surface area contributed by atoms with E-state index in [4.69, 9.17) is 0 Å². The number of hydrogen-bond donors (Lipinski definition) is 1. The predicted octanol–water partition coefficient (Wildman–Crippen LogP) is 1.50. The van der Waals surface area contributed by atoms with E-state index in [2.05, 4.69) is 16.9 Å². The summed E-state index contributed by atoms with van der Waals surface area (Å²) in [5.41, 5.74) is -1.03. The molecule has 0 saturated heterocycles. The highest BCUT2D eigenvalue weighted by Gasteiger charge is 2.24. The normalized spacial score (nSPS) is 9.50. The summed E-state index contributed by atoms with van der Waals surface area (Å²) in [4.78, 5) is 23.3. The molecule has 0 saturated carbocycles. The summed E-state index contributed by atoms with van der Waals surface area (Å²) in [5.74, 6) is 0. The lowest BCUT2D eigenvalue weighted by molar-refractivity contribution is -0.392. The maximum Gasteiger partial charge on any atom is 0.317 e. The Morgan fingerprint density at radius 1 is 1.31 bits per heavy atom. The van der Waals surface area contributed by atoms with Gasteiger partial charge in [-0.3, -0.25) is 25.2 Å². The van der Waals surface area contributed by atoms with Gasteiger partial charge in [0.1, 0.15) is 12.4 Å². The molecule has 0 fully saturated rings. The minimum Gasteiger partial charge on any atom is -0.370 e. The van der Waals surface area contributed by atoms with Crippen LogP contribution in [-0.4, -0.2) is 21.4 Å². The molecule has 0 bridgehead atoms. The van der Waals surface area contributed by atoms with Crippen LogP contribution < -0.4 is 5.32 Å². The van der Waals surface area contributed by atoms with Crippen LogP contribution in [0.2, 0.25) is 0 Å². The third-order valence-electron chi connectivity index (χ3n) is 1.72. The largest absolute Gasteiger partial charge is 0.370 e. The number of nitro groups is 2. The quantitative estimate of drug-likeness (QED) is 0.460. The van der Waals surface area contributed by atoms with Gasteiger partial charge in [-0.1, -0.05) is 6.08 Å². The van der Waals surface area contributed by atoms with Crippen LogP contribution in [-0.2, 0) is 0 Å². The third kappa shape index (κ3) is 2.29. The number of nitrogens with zero attached hydrogens (tertiary/aromatic N) is 3. The van der Waals surface area contributed by atoms with Crippen molar-refractivity contribution in [2.75, 3.05) is 11.9 Å². The Bertz CT molecular complexity index is 413. The molecule has 1 heterocycles. The van der Waals surface area contributed by atoms with Crippen LogP contribution >= 0.6 is 0 Å². The van der Waals surface area contributed by atoms with Gasteiger partial charge < -0.3 is 5.32 Å². The number of pyridine rings is 1. The molecule has 0 amide bonds. The van der Waals surface area contributed by atoms with E-state index in [0.29, 0.717) is 0 Å². The van der Waals surface area contributed by atoms with Crippen LogP contribution in [0.15, 0.2) is 25.0 Å². The Balaban J connectivity index is 3.28. The van der Waals surface area contributed by atoms with E-state index < -0.39 is 21.2 Å². The Kier molecular flexibility index (Phi) is 3.49. The van der Waals surface area contributed by atoms with E-state index in [1.807, 2.05) is 0 Å². The average molecular weight is 224 g/mol. The van der Waals surface area contributed by atoms with Gasteiger partial charge in [-0.2, -0.15) is 0 Å². The number of rotatable bonds is 5. The zero-order valence-electron chi connectivity index (χ0n) is 8.12. The van der Waals surface area contributed by atoms with Crippen molar-refractivity contribution in [3.05, 3.63) is 45.3 Å². The molecule has 0 aliphatic carbocycles. The van der Waals surface area contributed by atoms with E-state index in [9.17, 15) is 20.2 Å². The molecule has 1 N–H and O–H groups in total. The molecule has 1 rings (SSSR count). The summed E-state index contributed by atoms with van der Waals surface area (Å²) in [6.07, 6.45) is 3.35. The first-order valence-corrected chi connectivity index (χ1v) is 4.19. The third-order valence-corrected chi connectivity index (χ3v) is 1.72. The summed E-state index contributed by atoms with van der Waals surface area (Å²) in [7, 11) is 0. The first-order chi connectivity index (χ1) is 7.57. The van der Waals surface area contributed by atoms with Gasteiger partial charge in [-0.25, -0.2) is 0 Å². The lowest BCUT2D eigenvalue weighted by atomic mass is 10.3. The lowest BCUT2D eigenvalue weighted by Gasteiger charge is -2.04. The molecule has 0 aromatic carbocycles. The molecule has 0 spiro atoms. The second kappa shape index (κ2) is 4.82. The highest BCUT2D eigenvalue weighted by molar-refractivity contribution is 5.72. The molecule has 0 unspecified atom stereocenters. The maximum absolute atomic E-state index is 10.6.